The van der Waals surface area contributed by atoms with E-state index in [4.69, 9.17) is 34.7 Å². The molecule has 0 aliphatic rings. The second kappa shape index (κ2) is 8.46. The molecule has 2 aromatic rings. The summed E-state index contributed by atoms with van der Waals surface area (Å²) in [4.78, 5) is 0. The van der Waals surface area contributed by atoms with Gasteiger partial charge in [0.2, 0.25) is 0 Å². The lowest BCUT2D eigenvalue weighted by Gasteiger charge is -2.03. The topological polar surface area (TPSA) is 52.0 Å². The highest BCUT2D eigenvalue weighted by atomic mass is 35.5. The van der Waals surface area contributed by atoms with Gasteiger partial charge in [0.25, 0.3) is 0 Å². The van der Waals surface area contributed by atoms with E-state index in [2.05, 4.69) is 0 Å². The second-order valence-corrected chi connectivity index (χ2v) is 4.50. The molecule has 0 atom stereocenters. The van der Waals surface area contributed by atoms with Crippen molar-refractivity contribution in [2.45, 2.75) is 0 Å². The third-order valence-corrected chi connectivity index (χ3v) is 2.43. The third kappa shape index (κ3) is 5.25. The molecular weight excluding hydrogens is 279 g/mol. The van der Waals surface area contributed by atoms with Crippen LogP contribution in [0, 0.1) is 0 Å². The summed E-state index contributed by atoms with van der Waals surface area (Å²) >= 11 is 9.53. The van der Waals surface area contributed by atoms with Gasteiger partial charge in [0, 0.05) is 0 Å². The number of hydrogen-bond donors (Lipinski definition) is 2. The summed E-state index contributed by atoms with van der Waals surface area (Å²) in [6, 6.07) is 15.7. The highest BCUT2D eigenvalue weighted by molar-refractivity contribution is 6.40. The van der Waals surface area contributed by atoms with Crippen LogP contribution in [0.4, 0.5) is 11.4 Å². The highest BCUT2D eigenvalue weighted by Crippen LogP contribution is 2.21. The Bertz CT molecular complexity index is 525. The van der Waals surface area contributed by atoms with E-state index in [0.29, 0.717) is 11.4 Å². The number of anilines is 2. The smallest absolute Gasteiger partial charge is 0.0967 e. The molecule has 0 saturated heterocycles. The number of alkyl halides is 2. The van der Waals surface area contributed by atoms with Gasteiger partial charge in [0.1, 0.15) is 0 Å². The van der Waals surface area contributed by atoms with Gasteiger partial charge in [-0.05, 0) is 17.2 Å². The summed E-state index contributed by atoms with van der Waals surface area (Å²) in [5, 5.41) is 0.194. The quantitative estimate of drug-likeness (QED) is 0.489. The van der Waals surface area contributed by atoms with Gasteiger partial charge in [-0.3, -0.25) is 0 Å². The Balaban J connectivity index is 0.000000550. The fraction of sp³-hybridized carbons (Fsp3) is 0.0667. The molecule has 0 amide bonds. The maximum absolute atomic E-state index is 5.87. The molecule has 0 aromatic heterocycles. The van der Waals surface area contributed by atoms with Crippen molar-refractivity contribution in [2.24, 2.45) is 0 Å². The zero-order valence-electron chi connectivity index (χ0n) is 10.4. The largest absolute Gasteiger partial charge is 0.397 e. The summed E-state index contributed by atoms with van der Waals surface area (Å²) in [6.45, 7) is 0. The van der Waals surface area contributed by atoms with E-state index in [0.717, 1.165) is 11.1 Å². The molecule has 2 rings (SSSR count). The SMILES string of the molecule is ClCCl.Nc1cccc(C=Cc2ccccc2)c1N. The first-order valence-corrected chi connectivity index (χ1v) is 6.75. The lowest BCUT2D eigenvalue weighted by atomic mass is 10.1. The van der Waals surface area contributed by atoms with E-state index >= 15 is 0 Å². The van der Waals surface area contributed by atoms with Gasteiger partial charge in [-0.25, -0.2) is 0 Å². The van der Waals surface area contributed by atoms with Crippen LogP contribution in [-0.2, 0) is 0 Å². The fourth-order valence-corrected chi connectivity index (χ4v) is 1.50. The van der Waals surface area contributed by atoms with E-state index in [1.165, 1.54) is 0 Å². The molecule has 4 heteroatoms. The summed E-state index contributed by atoms with van der Waals surface area (Å²) in [5.41, 5.74) is 14.9. The summed E-state index contributed by atoms with van der Waals surface area (Å²) in [5.74, 6) is 0. The number of nitrogens with two attached hydrogens (primary N) is 2. The molecule has 2 aromatic carbocycles. The number of halogens is 2. The van der Waals surface area contributed by atoms with Gasteiger partial charge < -0.3 is 11.5 Å². The van der Waals surface area contributed by atoms with E-state index in [-0.39, 0.29) is 5.34 Å². The molecule has 0 spiro atoms. The normalized spacial score (nSPS) is 10.0. The van der Waals surface area contributed by atoms with Crippen molar-refractivity contribution in [3.63, 3.8) is 0 Å². The number of para-hydroxylation sites is 1. The Morgan fingerprint density at radius 2 is 1.47 bits per heavy atom. The van der Waals surface area contributed by atoms with Crippen molar-refractivity contribution < 1.29 is 0 Å². The Morgan fingerprint density at radius 3 is 2.11 bits per heavy atom. The van der Waals surface area contributed by atoms with Crippen LogP contribution >= 0.6 is 23.2 Å². The zero-order chi connectivity index (χ0) is 14.1. The maximum atomic E-state index is 5.87. The monoisotopic (exact) mass is 294 g/mol. The van der Waals surface area contributed by atoms with E-state index < -0.39 is 0 Å². The Labute approximate surface area is 123 Å². The van der Waals surface area contributed by atoms with Gasteiger partial charge in [-0.2, -0.15) is 0 Å². The molecule has 0 fully saturated rings. The van der Waals surface area contributed by atoms with Crippen LogP contribution in [0.5, 0.6) is 0 Å². The Morgan fingerprint density at radius 1 is 0.842 bits per heavy atom. The molecule has 19 heavy (non-hydrogen) atoms. The van der Waals surface area contributed by atoms with Crippen LogP contribution in [0.1, 0.15) is 11.1 Å². The van der Waals surface area contributed by atoms with Crippen LogP contribution in [-0.4, -0.2) is 5.34 Å². The minimum absolute atomic E-state index is 0.194. The number of benzene rings is 2. The fourth-order valence-electron chi connectivity index (χ4n) is 1.50. The van der Waals surface area contributed by atoms with Gasteiger partial charge >= 0.3 is 0 Å². The molecule has 0 bridgehead atoms. The van der Waals surface area contributed by atoms with Crippen LogP contribution in [0.15, 0.2) is 48.5 Å². The lowest BCUT2D eigenvalue weighted by Crippen LogP contribution is -1.96. The van der Waals surface area contributed by atoms with Crippen molar-refractivity contribution in [1.82, 2.24) is 0 Å². The van der Waals surface area contributed by atoms with Crippen molar-refractivity contribution in [2.75, 3.05) is 16.8 Å². The van der Waals surface area contributed by atoms with Gasteiger partial charge in [-0.1, -0.05) is 54.6 Å². The van der Waals surface area contributed by atoms with E-state index in [9.17, 15) is 0 Å². The lowest BCUT2D eigenvalue weighted by molar-refractivity contribution is 1.62. The molecule has 4 N–H and O–H groups in total. The van der Waals surface area contributed by atoms with E-state index in [1.54, 1.807) is 6.07 Å². The highest BCUT2D eigenvalue weighted by Gasteiger charge is 1.97. The molecule has 0 aliphatic heterocycles. The Kier molecular flexibility index (Phi) is 6.86. The van der Waals surface area contributed by atoms with Gasteiger partial charge in [-0.15, -0.1) is 23.2 Å². The minimum Gasteiger partial charge on any atom is -0.397 e. The standard InChI is InChI=1S/C14H14N2.CH2Cl2/c15-13-8-4-7-12(14(13)16)10-9-11-5-2-1-3-6-11;2-1-3/h1-10H,15-16H2;1H2. The minimum atomic E-state index is 0.194. The molecule has 0 radical (unpaired) electrons. The maximum Gasteiger partial charge on any atom is 0.0967 e. The zero-order valence-corrected chi connectivity index (χ0v) is 11.9. The van der Waals surface area contributed by atoms with E-state index in [1.807, 2.05) is 54.6 Å². The predicted molar refractivity (Wildman–Crippen MR) is 87.2 cm³/mol. The number of hydrogen-bond acceptors (Lipinski definition) is 2. The first-order chi connectivity index (χ1) is 9.19. The molecule has 2 nitrogen and oxygen atoms in total. The van der Waals surface area contributed by atoms with Crippen molar-refractivity contribution in [3.8, 4) is 0 Å². The molecule has 100 valence electrons. The number of nitrogen functional groups attached to an aromatic ring is 2. The van der Waals surface area contributed by atoms with Crippen LogP contribution in [0.3, 0.4) is 0 Å². The van der Waals surface area contributed by atoms with Crippen molar-refractivity contribution >= 4 is 46.7 Å². The molecule has 0 unspecified atom stereocenters. The van der Waals surface area contributed by atoms with Crippen molar-refractivity contribution in [1.29, 1.82) is 0 Å². The van der Waals surface area contributed by atoms with Crippen molar-refractivity contribution in [3.05, 3.63) is 59.7 Å². The summed E-state index contributed by atoms with van der Waals surface area (Å²) in [7, 11) is 0. The molecular formula is C15H16Cl2N2. The third-order valence-electron chi connectivity index (χ3n) is 2.43. The van der Waals surface area contributed by atoms with Crippen LogP contribution in [0.2, 0.25) is 0 Å². The number of rotatable bonds is 2. The Hall–Kier alpha value is -1.64. The first-order valence-electron chi connectivity index (χ1n) is 5.68. The van der Waals surface area contributed by atoms with Crippen LogP contribution in [0.25, 0.3) is 12.2 Å². The average molecular weight is 295 g/mol. The molecule has 0 aliphatic carbocycles. The second-order valence-electron chi connectivity index (χ2n) is 3.70. The van der Waals surface area contributed by atoms with Gasteiger partial charge in [0.15, 0.2) is 0 Å². The average Bonchev–Trinajstić information content (AvgIpc) is 2.43. The summed E-state index contributed by atoms with van der Waals surface area (Å²) < 4.78 is 0. The molecule has 0 saturated carbocycles. The predicted octanol–water partition coefficient (Wildman–Crippen LogP) is 4.44. The summed E-state index contributed by atoms with van der Waals surface area (Å²) in [6.07, 6.45) is 3.99. The first kappa shape index (κ1) is 15.4. The molecule has 0 heterocycles. The van der Waals surface area contributed by atoms with Crippen LogP contribution < -0.4 is 11.5 Å². The van der Waals surface area contributed by atoms with Gasteiger partial charge in [0.05, 0.1) is 16.7 Å².